The molecule has 3 N–H and O–H groups in total. The number of anilines is 1. The van der Waals surface area contributed by atoms with Gasteiger partial charge in [0.25, 0.3) is 5.91 Å². The molecule has 0 saturated carbocycles. The highest BCUT2D eigenvalue weighted by molar-refractivity contribution is 6.10. The third kappa shape index (κ3) is 6.70. The number of benzene rings is 2. The fourth-order valence-corrected chi connectivity index (χ4v) is 3.13. The number of rotatable bonds is 6. The molecule has 0 radical (unpaired) electrons. The molecular formula is C23H28N4O3. The van der Waals surface area contributed by atoms with Gasteiger partial charge in [0, 0.05) is 31.3 Å². The van der Waals surface area contributed by atoms with Gasteiger partial charge in [-0.15, -0.1) is 0 Å². The number of ether oxygens (including phenoxy) is 1. The van der Waals surface area contributed by atoms with E-state index < -0.39 is 0 Å². The number of nitrogens with one attached hydrogen (secondary N) is 3. The largest absolute Gasteiger partial charge is 0.376 e. The van der Waals surface area contributed by atoms with Gasteiger partial charge in [-0.2, -0.15) is 0 Å². The van der Waals surface area contributed by atoms with Crippen molar-refractivity contribution in [2.75, 3.05) is 18.5 Å². The second-order valence-corrected chi connectivity index (χ2v) is 7.38. The smallest absolute Gasteiger partial charge is 0.257 e. The molecule has 0 spiro atoms. The zero-order valence-corrected chi connectivity index (χ0v) is 17.4. The zero-order chi connectivity index (χ0) is 21.3. The van der Waals surface area contributed by atoms with Crippen molar-refractivity contribution in [3.05, 3.63) is 65.2 Å². The number of nitrogens with zero attached hydrogens (tertiary/aromatic N) is 1. The van der Waals surface area contributed by atoms with Crippen LogP contribution in [0.3, 0.4) is 0 Å². The Bertz CT molecular complexity index is 903. The minimum absolute atomic E-state index is 0.0873. The Morgan fingerprint density at radius 3 is 2.63 bits per heavy atom. The van der Waals surface area contributed by atoms with E-state index in [-0.39, 0.29) is 17.9 Å². The third-order valence-corrected chi connectivity index (χ3v) is 4.75. The van der Waals surface area contributed by atoms with E-state index in [0.717, 1.165) is 36.3 Å². The van der Waals surface area contributed by atoms with E-state index in [2.05, 4.69) is 20.9 Å². The van der Waals surface area contributed by atoms with E-state index in [0.29, 0.717) is 24.6 Å². The molecule has 2 aromatic carbocycles. The normalized spacial score (nSPS) is 16.2. The van der Waals surface area contributed by atoms with E-state index in [1.54, 1.807) is 12.1 Å². The van der Waals surface area contributed by atoms with E-state index in [1.165, 1.54) is 6.92 Å². The Kier molecular flexibility index (Phi) is 7.57. The lowest BCUT2D eigenvalue weighted by atomic mass is 10.1. The molecule has 1 atom stereocenters. The minimum atomic E-state index is -0.257. The predicted octanol–water partition coefficient (Wildman–Crippen LogP) is 3.01. The van der Waals surface area contributed by atoms with Crippen molar-refractivity contribution in [3.63, 3.8) is 0 Å². The molecule has 0 bridgehead atoms. The summed E-state index contributed by atoms with van der Waals surface area (Å²) in [5.74, 6) is 0.0434. The molecule has 0 unspecified atom stereocenters. The van der Waals surface area contributed by atoms with Crippen LogP contribution >= 0.6 is 0 Å². The Morgan fingerprint density at radius 1 is 1.17 bits per heavy atom. The molecule has 1 heterocycles. The molecule has 7 heteroatoms. The second kappa shape index (κ2) is 10.5. The average Bonchev–Trinajstić information content (AvgIpc) is 3.24. The summed E-state index contributed by atoms with van der Waals surface area (Å²) in [7, 11) is 0. The maximum atomic E-state index is 12.8. The number of carbonyl (C=O) groups is 2. The summed E-state index contributed by atoms with van der Waals surface area (Å²) in [6, 6.07) is 15.0. The summed E-state index contributed by atoms with van der Waals surface area (Å²) in [5.41, 5.74) is 3.40. The molecule has 3 rings (SSSR count). The lowest BCUT2D eigenvalue weighted by Crippen LogP contribution is -2.36. The molecule has 30 heavy (non-hydrogen) atoms. The first kappa shape index (κ1) is 21.5. The molecular weight excluding hydrogens is 380 g/mol. The number of carbonyl (C=O) groups excluding carboxylic acids is 2. The molecule has 2 aromatic rings. The van der Waals surface area contributed by atoms with Crippen LogP contribution in [0.2, 0.25) is 0 Å². The zero-order valence-electron chi connectivity index (χ0n) is 17.4. The number of guanidine groups is 1. The van der Waals surface area contributed by atoms with E-state index in [1.807, 2.05) is 43.3 Å². The van der Waals surface area contributed by atoms with Crippen LogP contribution < -0.4 is 16.0 Å². The second-order valence-electron chi connectivity index (χ2n) is 7.38. The van der Waals surface area contributed by atoms with E-state index in [9.17, 15) is 9.59 Å². The molecule has 158 valence electrons. The van der Waals surface area contributed by atoms with Crippen molar-refractivity contribution in [3.8, 4) is 0 Å². The van der Waals surface area contributed by atoms with Crippen molar-refractivity contribution < 1.29 is 14.3 Å². The monoisotopic (exact) mass is 408 g/mol. The third-order valence-electron chi connectivity index (χ3n) is 4.75. The van der Waals surface area contributed by atoms with Gasteiger partial charge in [-0.3, -0.25) is 14.9 Å². The van der Waals surface area contributed by atoms with Gasteiger partial charge in [0.2, 0.25) is 11.9 Å². The van der Waals surface area contributed by atoms with Gasteiger partial charge in [0.1, 0.15) is 0 Å². The standard InChI is InChI=1S/C23H28N4O3/c1-16-5-3-6-20(13-16)26-23(25-15-21-7-4-12-30-21)27-22(29)19-10-8-18(9-11-19)14-24-17(2)28/h3,5-6,8-11,13,21H,4,7,12,14-15H2,1-2H3,(H,24,28)(H2,25,26,27,29)/t21-/m1/s1. The molecule has 1 saturated heterocycles. The Morgan fingerprint density at radius 2 is 1.97 bits per heavy atom. The van der Waals surface area contributed by atoms with Gasteiger partial charge in [-0.05, 0) is 55.2 Å². The van der Waals surface area contributed by atoms with Gasteiger partial charge in [-0.25, -0.2) is 4.99 Å². The van der Waals surface area contributed by atoms with E-state index >= 15 is 0 Å². The fraction of sp³-hybridized carbons (Fsp3) is 0.348. The number of aryl methyl sites for hydroxylation is 1. The summed E-state index contributed by atoms with van der Waals surface area (Å²) >= 11 is 0. The maximum Gasteiger partial charge on any atom is 0.257 e. The number of hydrogen-bond acceptors (Lipinski definition) is 4. The van der Waals surface area contributed by atoms with Crippen LogP contribution in [-0.2, 0) is 16.1 Å². The summed E-state index contributed by atoms with van der Waals surface area (Å²) in [6.07, 6.45) is 2.10. The van der Waals surface area contributed by atoms with Crippen molar-refractivity contribution in [2.24, 2.45) is 4.99 Å². The van der Waals surface area contributed by atoms with Crippen molar-refractivity contribution >= 4 is 23.5 Å². The molecule has 2 amide bonds. The Labute approximate surface area is 176 Å². The van der Waals surface area contributed by atoms with Gasteiger partial charge >= 0.3 is 0 Å². The topological polar surface area (TPSA) is 91.8 Å². The van der Waals surface area contributed by atoms with Crippen LogP contribution in [-0.4, -0.2) is 37.0 Å². The number of amides is 2. The molecule has 1 fully saturated rings. The quantitative estimate of drug-likeness (QED) is 0.506. The minimum Gasteiger partial charge on any atom is -0.376 e. The average molecular weight is 409 g/mol. The first-order valence-corrected chi connectivity index (χ1v) is 10.1. The molecule has 1 aliphatic rings. The summed E-state index contributed by atoms with van der Waals surface area (Å²) in [4.78, 5) is 28.4. The highest BCUT2D eigenvalue weighted by Gasteiger charge is 2.16. The van der Waals surface area contributed by atoms with Gasteiger partial charge in [0.05, 0.1) is 12.6 Å². The Hall–Kier alpha value is -3.19. The highest BCUT2D eigenvalue weighted by atomic mass is 16.5. The molecule has 0 aliphatic carbocycles. The predicted molar refractivity (Wildman–Crippen MR) is 118 cm³/mol. The van der Waals surface area contributed by atoms with Crippen LogP contribution in [0.15, 0.2) is 53.5 Å². The summed E-state index contributed by atoms with van der Waals surface area (Å²) < 4.78 is 5.64. The van der Waals surface area contributed by atoms with Crippen LogP contribution in [0.25, 0.3) is 0 Å². The maximum absolute atomic E-state index is 12.8. The van der Waals surface area contributed by atoms with Gasteiger partial charge < -0.3 is 15.4 Å². The summed E-state index contributed by atoms with van der Waals surface area (Å²) in [5, 5.41) is 8.81. The first-order chi connectivity index (χ1) is 14.5. The summed E-state index contributed by atoms with van der Waals surface area (Å²) in [6.45, 7) is 5.17. The Balaban J connectivity index is 1.68. The molecule has 7 nitrogen and oxygen atoms in total. The molecule has 0 aromatic heterocycles. The lowest BCUT2D eigenvalue weighted by Gasteiger charge is -2.14. The van der Waals surface area contributed by atoms with Crippen LogP contribution in [0.5, 0.6) is 0 Å². The SMILES string of the molecule is CC(=O)NCc1ccc(C(=O)NC(=NC[C@H]2CCCO2)Nc2cccc(C)c2)cc1. The van der Waals surface area contributed by atoms with Crippen molar-refractivity contribution in [1.29, 1.82) is 0 Å². The van der Waals surface area contributed by atoms with Gasteiger partial charge in [0.15, 0.2) is 0 Å². The van der Waals surface area contributed by atoms with Crippen LogP contribution in [0.1, 0.15) is 41.3 Å². The highest BCUT2D eigenvalue weighted by Crippen LogP contribution is 2.13. The lowest BCUT2D eigenvalue weighted by molar-refractivity contribution is -0.119. The van der Waals surface area contributed by atoms with E-state index in [4.69, 9.17) is 4.74 Å². The number of hydrogen-bond donors (Lipinski definition) is 3. The van der Waals surface area contributed by atoms with Crippen molar-refractivity contribution in [2.45, 2.75) is 39.3 Å². The van der Waals surface area contributed by atoms with Crippen molar-refractivity contribution in [1.82, 2.24) is 10.6 Å². The van der Waals surface area contributed by atoms with Crippen LogP contribution in [0, 0.1) is 6.92 Å². The fourth-order valence-electron chi connectivity index (χ4n) is 3.13. The van der Waals surface area contributed by atoms with Crippen LogP contribution in [0.4, 0.5) is 5.69 Å². The van der Waals surface area contributed by atoms with Gasteiger partial charge in [-0.1, -0.05) is 24.3 Å². The number of aliphatic imine (C=N–C) groups is 1. The molecule has 1 aliphatic heterocycles. The first-order valence-electron chi connectivity index (χ1n) is 10.1.